The Morgan fingerprint density at radius 2 is 1.63 bits per heavy atom. The molecule has 1 amide bonds. The van der Waals surface area contributed by atoms with Crippen LogP contribution in [-0.2, 0) is 14.3 Å². The number of halogens is 1. The van der Waals surface area contributed by atoms with E-state index in [0.717, 1.165) is 5.56 Å². The predicted octanol–water partition coefficient (Wildman–Crippen LogP) is 3.29. The highest BCUT2D eigenvalue weighted by Crippen LogP contribution is 2.38. The van der Waals surface area contributed by atoms with Gasteiger partial charge in [-0.25, -0.2) is 9.18 Å². The van der Waals surface area contributed by atoms with E-state index in [1.54, 1.807) is 31.2 Å². The fourth-order valence-electron chi connectivity index (χ4n) is 2.66. The van der Waals surface area contributed by atoms with Crippen LogP contribution in [0.3, 0.4) is 0 Å². The number of amides is 1. The van der Waals surface area contributed by atoms with Gasteiger partial charge in [0.05, 0.1) is 27.4 Å². The normalized spacial score (nSPS) is 11.6. The van der Waals surface area contributed by atoms with Gasteiger partial charge in [0.15, 0.2) is 18.1 Å². The van der Waals surface area contributed by atoms with Crippen LogP contribution in [0.2, 0.25) is 0 Å². The van der Waals surface area contributed by atoms with Crippen molar-refractivity contribution in [2.75, 3.05) is 27.9 Å². The summed E-state index contributed by atoms with van der Waals surface area (Å²) in [6, 6.07) is 8.76. The minimum Gasteiger partial charge on any atom is -0.493 e. The first-order chi connectivity index (χ1) is 14.4. The molecule has 8 heteroatoms. The van der Waals surface area contributed by atoms with Gasteiger partial charge in [-0.15, -0.1) is 0 Å². The van der Waals surface area contributed by atoms with E-state index in [0.29, 0.717) is 22.8 Å². The number of rotatable bonds is 9. The molecule has 0 aliphatic heterocycles. The largest absolute Gasteiger partial charge is 0.493 e. The SMILES string of the molecule is COc1cc(/C=C/C(=O)OCC(=O)N[C@@H](C)c2ccc(F)cc2)cc(OC)c1OC. The molecule has 2 aromatic carbocycles. The van der Waals surface area contributed by atoms with Crippen molar-refractivity contribution < 1.29 is 32.9 Å². The number of methoxy groups -OCH3 is 3. The number of carbonyl (C=O) groups is 2. The van der Waals surface area contributed by atoms with E-state index in [1.165, 1.54) is 45.6 Å². The lowest BCUT2D eigenvalue weighted by Gasteiger charge is -2.14. The zero-order valence-corrected chi connectivity index (χ0v) is 17.2. The lowest BCUT2D eigenvalue weighted by Crippen LogP contribution is -2.30. The third-order valence-corrected chi connectivity index (χ3v) is 4.19. The van der Waals surface area contributed by atoms with Gasteiger partial charge in [0.1, 0.15) is 5.82 Å². The van der Waals surface area contributed by atoms with Crippen molar-refractivity contribution in [1.29, 1.82) is 0 Å². The van der Waals surface area contributed by atoms with Crippen molar-refractivity contribution in [1.82, 2.24) is 5.32 Å². The molecule has 0 bridgehead atoms. The molecule has 0 spiro atoms. The van der Waals surface area contributed by atoms with Crippen LogP contribution in [0, 0.1) is 5.82 Å². The highest BCUT2D eigenvalue weighted by Gasteiger charge is 2.13. The first-order valence-electron chi connectivity index (χ1n) is 9.07. The van der Waals surface area contributed by atoms with E-state index >= 15 is 0 Å². The lowest BCUT2D eigenvalue weighted by atomic mass is 10.1. The molecule has 0 heterocycles. The summed E-state index contributed by atoms with van der Waals surface area (Å²) in [5.41, 5.74) is 1.36. The summed E-state index contributed by atoms with van der Waals surface area (Å²) in [6.45, 7) is 1.31. The Bertz CT molecular complexity index is 885. The molecule has 0 unspecified atom stereocenters. The van der Waals surface area contributed by atoms with Crippen molar-refractivity contribution in [3.05, 3.63) is 59.4 Å². The molecule has 160 valence electrons. The van der Waals surface area contributed by atoms with Crippen molar-refractivity contribution in [2.45, 2.75) is 13.0 Å². The van der Waals surface area contributed by atoms with Gasteiger partial charge in [0.25, 0.3) is 5.91 Å². The standard InChI is InChI=1S/C22H24FNO6/c1-14(16-6-8-17(23)9-7-16)24-20(25)13-30-21(26)10-5-15-11-18(27-2)22(29-4)19(12-15)28-3/h5-12,14H,13H2,1-4H3,(H,24,25)/b10-5+/t14-/m0/s1. The molecule has 2 rings (SSSR count). The minimum atomic E-state index is -0.687. The van der Waals surface area contributed by atoms with E-state index < -0.39 is 18.5 Å². The van der Waals surface area contributed by atoms with E-state index in [1.807, 2.05) is 0 Å². The fourth-order valence-corrected chi connectivity index (χ4v) is 2.66. The molecule has 0 aromatic heterocycles. The maximum atomic E-state index is 13.0. The maximum Gasteiger partial charge on any atom is 0.331 e. The molecular formula is C22H24FNO6. The van der Waals surface area contributed by atoms with Crippen molar-refractivity contribution in [3.63, 3.8) is 0 Å². The molecule has 0 fully saturated rings. The van der Waals surface area contributed by atoms with Crippen LogP contribution in [0.1, 0.15) is 24.1 Å². The van der Waals surface area contributed by atoms with Crippen molar-refractivity contribution >= 4 is 18.0 Å². The van der Waals surface area contributed by atoms with Crippen LogP contribution in [-0.4, -0.2) is 39.8 Å². The summed E-state index contributed by atoms with van der Waals surface area (Å²) in [7, 11) is 4.48. The van der Waals surface area contributed by atoms with E-state index in [9.17, 15) is 14.0 Å². The number of hydrogen-bond donors (Lipinski definition) is 1. The number of benzene rings is 2. The van der Waals surface area contributed by atoms with E-state index in [2.05, 4.69) is 5.32 Å². The topological polar surface area (TPSA) is 83.1 Å². The van der Waals surface area contributed by atoms with E-state index in [-0.39, 0.29) is 11.9 Å². The predicted molar refractivity (Wildman–Crippen MR) is 109 cm³/mol. The van der Waals surface area contributed by atoms with Crippen LogP contribution in [0.4, 0.5) is 4.39 Å². The van der Waals surface area contributed by atoms with Crippen LogP contribution < -0.4 is 19.5 Å². The Labute approximate surface area is 174 Å². The second-order valence-corrected chi connectivity index (χ2v) is 6.24. The van der Waals surface area contributed by atoms with Gasteiger partial charge in [-0.2, -0.15) is 0 Å². The number of ether oxygens (including phenoxy) is 4. The molecule has 0 radical (unpaired) electrons. The molecule has 7 nitrogen and oxygen atoms in total. The van der Waals surface area contributed by atoms with Gasteiger partial charge in [-0.3, -0.25) is 4.79 Å². The highest BCUT2D eigenvalue weighted by atomic mass is 19.1. The average molecular weight is 417 g/mol. The van der Waals surface area contributed by atoms with Gasteiger partial charge < -0.3 is 24.3 Å². The molecule has 0 aliphatic rings. The summed E-state index contributed by atoms with van der Waals surface area (Å²) in [5.74, 6) is -0.190. The average Bonchev–Trinajstić information content (AvgIpc) is 2.75. The summed E-state index contributed by atoms with van der Waals surface area (Å²) < 4.78 is 33.7. The Morgan fingerprint density at radius 3 is 2.17 bits per heavy atom. The molecule has 0 saturated carbocycles. The van der Waals surface area contributed by atoms with Crippen LogP contribution in [0.15, 0.2) is 42.5 Å². The number of hydrogen-bond acceptors (Lipinski definition) is 6. The Kier molecular flexibility index (Phi) is 8.22. The van der Waals surface area contributed by atoms with Gasteiger partial charge in [-0.1, -0.05) is 12.1 Å². The van der Waals surface area contributed by atoms with Gasteiger partial charge >= 0.3 is 5.97 Å². The quantitative estimate of drug-likeness (QED) is 0.498. The van der Waals surface area contributed by atoms with Crippen LogP contribution >= 0.6 is 0 Å². The molecule has 1 atom stereocenters. The maximum absolute atomic E-state index is 13.0. The van der Waals surface area contributed by atoms with Gasteiger partial charge in [-0.05, 0) is 48.4 Å². The summed E-state index contributed by atoms with van der Waals surface area (Å²) in [5, 5.41) is 2.68. The lowest BCUT2D eigenvalue weighted by molar-refractivity contribution is -0.144. The Morgan fingerprint density at radius 1 is 1.03 bits per heavy atom. The van der Waals surface area contributed by atoms with Crippen molar-refractivity contribution in [3.8, 4) is 17.2 Å². The molecule has 1 N–H and O–H groups in total. The molecule has 0 aliphatic carbocycles. The highest BCUT2D eigenvalue weighted by molar-refractivity contribution is 5.89. The Hall–Kier alpha value is -3.55. The first-order valence-corrected chi connectivity index (χ1v) is 9.07. The van der Waals surface area contributed by atoms with Crippen LogP contribution in [0.25, 0.3) is 6.08 Å². The zero-order valence-electron chi connectivity index (χ0n) is 17.2. The number of carbonyl (C=O) groups excluding carboxylic acids is 2. The monoisotopic (exact) mass is 417 g/mol. The summed E-state index contributed by atoms with van der Waals surface area (Å²) in [4.78, 5) is 23.9. The molecule has 0 saturated heterocycles. The zero-order chi connectivity index (χ0) is 22.1. The summed E-state index contributed by atoms with van der Waals surface area (Å²) in [6.07, 6.45) is 2.70. The number of nitrogens with one attached hydrogen (secondary N) is 1. The minimum absolute atomic E-state index is 0.355. The molecule has 2 aromatic rings. The van der Waals surface area contributed by atoms with Crippen molar-refractivity contribution in [2.24, 2.45) is 0 Å². The molecule has 30 heavy (non-hydrogen) atoms. The van der Waals surface area contributed by atoms with Gasteiger partial charge in [0.2, 0.25) is 5.75 Å². The third-order valence-electron chi connectivity index (χ3n) is 4.19. The number of esters is 1. The first kappa shape index (κ1) is 22.7. The smallest absolute Gasteiger partial charge is 0.331 e. The fraction of sp³-hybridized carbons (Fsp3) is 0.273. The third kappa shape index (κ3) is 6.23. The van der Waals surface area contributed by atoms with E-state index in [4.69, 9.17) is 18.9 Å². The summed E-state index contributed by atoms with van der Waals surface area (Å²) >= 11 is 0. The second kappa shape index (κ2) is 10.8. The van der Waals surface area contributed by atoms with Crippen LogP contribution in [0.5, 0.6) is 17.2 Å². The second-order valence-electron chi connectivity index (χ2n) is 6.24. The van der Waals surface area contributed by atoms with Gasteiger partial charge in [0, 0.05) is 6.08 Å². The molecular weight excluding hydrogens is 393 g/mol. The Balaban J connectivity index is 1.91.